The van der Waals surface area contributed by atoms with Crippen LogP contribution in [0.4, 0.5) is 0 Å². The first-order chi connectivity index (χ1) is 13.6. The lowest BCUT2D eigenvalue weighted by Gasteiger charge is -2.27. The van der Waals surface area contributed by atoms with Crippen molar-refractivity contribution in [3.8, 4) is 11.4 Å². The van der Waals surface area contributed by atoms with Crippen LogP contribution in [0.15, 0.2) is 33.8 Å². The molecule has 1 aliphatic heterocycles. The van der Waals surface area contributed by atoms with Crippen molar-refractivity contribution < 1.29 is 4.52 Å². The second-order valence-corrected chi connectivity index (χ2v) is 7.29. The van der Waals surface area contributed by atoms with Gasteiger partial charge >= 0.3 is 0 Å². The standard InChI is InChI=1S/C20H29ClN6O/c1-4-26(5-2)17-11-13-27(14-17)20(22-3)23-12-10-18-24-19(25-28-18)15-6-8-16(21)9-7-15/h6-9,17H,4-5,10-14H2,1-3H3,(H,22,23). The van der Waals surface area contributed by atoms with Crippen LogP contribution in [-0.2, 0) is 6.42 Å². The minimum atomic E-state index is 0.581. The van der Waals surface area contributed by atoms with Gasteiger partial charge in [-0.1, -0.05) is 30.6 Å². The van der Waals surface area contributed by atoms with Gasteiger partial charge in [0.15, 0.2) is 5.96 Å². The van der Waals surface area contributed by atoms with Crippen LogP contribution in [-0.4, -0.2) is 71.7 Å². The summed E-state index contributed by atoms with van der Waals surface area (Å²) in [6, 6.07) is 8.01. The normalized spacial score (nSPS) is 17.5. The van der Waals surface area contributed by atoms with E-state index >= 15 is 0 Å². The Morgan fingerprint density at radius 2 is 2.07 bits per heavy atom. The average molecular weight is 405 g/mol. The van der Waals surface area contributed by atoms with Crippen molar-refractivity contribution in [2.75, 3.05) is 39.8 Å². The molecule has 1 fully saturated rings. The van der Waals surface area contributed by atoms with Crippen molar-refractivity contribution in [1.82, 2.24) is 25.3 Å². The summed E-state index contributed by atoms with van der Waals surface area (Å²) in [5.74, 6) is 2.13. The fraction of sp³-hybridized carbons (Fsp3) is 0.550. The Hall–Kier alpha value is -2.12. The summed E-state index contributed by atoms with van der Waals surface area (Å²) in [4.78, 5) is 13.8. The predicted octanol–water partition coefficient (Wildman–Crippen LogP) is 2.92. The number of likely N-dealkylation sites (tertiary alicyclic amines) is 1. The Balaban J connectivity index is 1.50. The molecular weight excluding hydrogens is 376 g/mol. The van der Waals surface area contributed by atoms with Crippen molar-refractivity contribution in [3.63, 3.8) is 0 Å². The highest BCUT2D eigenvalue weighted by Gasteiger charge is 2.27. The molecule has 0 amide bonds. The van der Waals surface area contributed by atoms with Crippen LogP contribution in [0.2, 0.25) is 5.02 Å². The van der Waals surface area contributed by atoms with E-state index in [-0.39, 0.29) is 0 Å². The molecular formula is C20H29ClN6O. The molecule has 28 heavy (non-hydrogen) atoms. The van der Waals surface area contributed by atoms with Gasteiger partial charge in [0.1, 0.15) is 0 Å². The zero-order valence-corrected chi connectivity index (χ0v) is 17.6. The van der Waals surface area contributed by atoms with Gasteiger partial charge < -0.3 is 14.7 Å². The largest absolute Gasteiger partial charge is 0.356 e. The summed E-state index contributed by atoms with van der Waals surface area (Å²) in [5.41, 5.74) is 0.891. The molecule has 1 atom stereocenters. The molecule has 1 aromatic carbocycles. The van der Waals surface area contributed by atoms with Crippen molar-refractivity contribution >= 4 is 17.6 Å². The zero-order valence-electron chi connectivity index (χ0n) is 16.9. The highest BCUT2D eigenvalue weighted by atomic mass is 35.5. The van der Waals surface area contributed by atoms with Crippen LogP contribution in [0.1, 0.15) is 26.2 Å². The Kier molecular flexibility index (Phi) is 7.28. The topological polar surface area (TPSA) is 69.8 Å². The summed E-state index contributed by atoms with van der Waals surface area (Å²) >= 11 is 5.92. The SMILES string of the molecule is CCN(CC)C1CCN(C(=NC)NCCc2nc(-c3ccc(Cl)cc3)no2)C1. The van der Waals surface area contributed by atoms with Crippen LogP contribution in [0, 0.1) is 0 Å². The number of guanidine groups is 1. The molecule has 0 spiro atoms. The predicted molar refractivity (Wildman–Crippen MR) is 113 cm³/mol. The lowest BCUT2D eigenvalue weighted by atomic mass is 10.2. The number of likely N-dealkylation sites (N-methyl/N-ethyl adjacent to an activating group) is 1. The van der Waals surface area contributed by atoms with Crippen LogP contribution < -0.4 is 5.32 Å². The Bertz CT molecular complexity index is 771. The molecule has 0 saturated carbocycles. The summed E-state index contributed by atoms with van der Waals surface area (Å²) in [5, 5.41) is 8.17. The number of nitrogens with zero attached hydrogens (tertiary/aromatic N) is 5. The third-order valence-corrected chi connectivity index (χ3v) is 5.45. The van der Waals surface area contributed by atoms with E-state index in [2.05, 4.69) is 44.1 Å². The maximum atomic E-state index is 5.92. The van der Waals surface area contributed by atoms with Crippen LogP contribution in [0.5, 0.6) is 0 Å². The third-order valence-electron chi connectivity index (χ3n) is 5.20. The molecule has 1 aliphatic rings. The van der Waals surface area contributed by atoms with Crippen LogP contribution in [0.3, 0.4) is 0 Å². The first-order valence-electron chi connectivity index (χ1n) is 9.92. The van der Waals surface area contributed by atoms with Crippen LogP contribution in [0.25, 0.3) is 11.4 Å². The zero-order chi connectivity index (χ0) is 19.9. The Morgan fingerprint density at radius 3 is 2.75 bits per heavy atom. The molecule has 0 radical (unpaired) electrons. The van der Waals surface area contributed by atoms with Gasteiger partial charge in [-0.05, 0) is 43.8 Å². The molecule has 8 heteroatoms. The summed E-state index contributed by atoms with van der Waals surface area (Å²) in [7, 11) is 1.83. The van der Waals surface area contributed by atoms with Crippen molar-refractivity contribution in [2.45, 2.75) is 32.7 Å². The number of hydrogen-bond donors (Lipinski definition) is 1. The van der Waals surface area contributed by atoms with Crippen molar-refractivity contribution in [2.24, 2.45) is 4.99 Å². The molecule has 3 rings (SSSR count). The minimum absolute atomic E-state index is 0.581. The van der Waals surface area contributed by atoms with Gasteiger partial charge in [-0.25, -0.2) is 0 Å². The summed E-state index contributed by atoms with van der Waals surface area (Å²) in [6.07, 6.45) is 1.82. The number of rotatable bonds is 7. The Labute approximate surface area is 171 Å². The van der Waals surface area contributed by atoms with E-state index in [0.717, 1.165) is 37.7 Å². The number of halogens is 1. The van der Waals surface area contributed by atoms with E-state index in [9.17, 15) is 0 Å². The molecule has 1 N–H and O–H groups in total. The number of aromatic nitrogens is 2. The van der Waals surface area contributed by atoms with Gasteiger partial charge in [0, 0.05) is 49.7 Å². The van der Waals surface area contributed by atoms with Gasteiger partial charge in [-0.3, -0.25) is 9.89 Å². The first kappa shape index (κ1) is 20.6. The lowest BCUT2D eigenvalue weighted by Crippen LogP contribution is -2.43. The molecule has 0 aliphatic carbocycles. The van der Waals surface area contributed by atoms with Crippen LogP contribution >= 0.6 is 11.6 Å². The van der Waals surface area contributed by atoms with E-state index in [1.165, 1.54) is 6.42 Å². The second-order valence-electron chi connectivity index (χ2n) is 6.85. The first-order valence-corrected chi connectivity index (χ1v) is 10.3. The molecule has 0 bridgehead atoms. The van der Waals surface area contributed by atoms with Crippen molar-refractivity contribution in [3.05, 3.63) is 35.2 Å². The van der Waals surface area contributed by atoms with Gasteiger partial charge in [0.2, 0.25) is 11.7 Å². The molecule has 2 aromatic rings. The van der Waals surface area contributed by atoms with E-state index in [0.29, 0.717) is 35.7 Å². The molecule has 2 heterocycles. The summed E-state index contributed by atoms with van der Waals surface area (Å²) < 4.78 is 5.37. The molecule has 1 unspecified atom stereocenters. The highest BCUT2D eigenvalue weighted by Crippen LogP contribution is 2.19. The number of hydrogen-bond acceptors (Lipinski definition) is 5. The minimum Gasteiger partial charge on any atom is -0.356 e. The van der Waals surface area contributed by atoms with Gasteiger partial charge in [0.05, 0.1) is 0 Å². The number of aliphatic imine (C=N–C) groups is 1. The van der Waals surface area contributed by atoms with Gasteiger partial charge in [-0.15, -0.1) is 0 Å². The molecule has 1 aromatic heterocycles. The average Bonchev–Trinajstić information content (AvgIpc) is 3.37. The summed E-state index contributed by atoms with van der Waals surface area (Å²) in [6.45, 7) is 9.37. The van der Waals surface area contributed by atoms with Gasteiger partial charge in [0.25, 0.3) is 0 Å². The van der Waals surface area contributed by atoms with E-state index < -0.39 is 0 Å². The number of benzene rings is 1. The molecule has 7 nitrogen and oxygen atoms in total. The second kappa shape index (κ2) is 9.89. The Morgan fingerprint density at radius 1 is 1.32 bits per heavy atom. The third kappa shape index (κ3) is 5.02. The fourth-order valence-electron chi connectivity index (χ4n) is 3.66. The lowest BCUT2D eigenvalue weighted by molar-refractivity contribution is 0.223. The molecule has 1 saturated heterocycles. The van der Waals surface area contributed by atoms with Gasteiger partial charge in [-0.2, -0.15) is 4.98 Å². The maximum Gasteiger partial charge on any atom is 0.228 e. The fourth-order valence-corrected chi connectivity index (χ4v) is 3.78. The number of nitrogens with one attached hydrogen (secondary N) is 1. The monoisotopic (exact) mass is 404 g/mol. The van der Waals surface area contributed by atoms with E-state index in [4.69, 9.17) is 16.1 Å². The van der Waals surface area contributed by atoms with Crippen molar-refractivity contribution in [1.29, 1.82) is 0 Å². The van der Waals surface area contributed by atoms with E-state index in [1.807, 2.05) is 31.3 Å². The molecule has 152 valence electrons. The smallest absolute Gasteiger partial charge is 0.228 e. The van der Waals surface area contributed by atoms with E-state index in [1.54, 1.807) is 0 Å². The maximum absolute atomic E-state index is 5.92. The highest BCUT2D eigenvalue weighted by molar-refractivity contribution is 6.30. The quantitative estimate of drug-likeness (QED) is 0.565.